The quantitative estimate of drug-likeness (QED) is 0.502. The zero-order valence-electron chi connectivity index (χ0n) is 11.2. The number of imide groups is 1. The Morgan fingerprint density at radius 2 is 1.95 bits per heavy atom. The van der Waals surface area contributed by atoms with Gasteiger partial charge in [-0.05, 0) is 30.3 Å². The fraction of sp³-hybridized carbons (Fsp3) is 0. The Bertz CT molecular complexity index is 671. The highest BCUT2D eigenvalue weighted by atomic mass is 19.1. The van der Waals surface area contributed by atoms with Crippen molar-refractivity contribution in [2.24, 2.45) is 4.99 Å². The summed E-state index contributed by atoms with van der Waals surface area (Å²) in [5.41, 5.74) is 0.561. The zero-order chi connectivity index (χ0) is 15.8. The number of hydrogen-bond acceptors (Lipinski definition) is 5. The molecule has 8 heteroatoms. The van der Waals surface area contributed by atoms with Crippen molar-refractivity contribution in [3.63, 3.8) is 0 Å². The first-order valence-electron chi connectivity index (χ1n) is 6.10. The van der Waals surface area contributed by atoms with Crippen molar-refractivity contribution < 1.29 is 18.7 Å². The predicted molar refractivity (Wildman–Crippen MR) is 76.6 cm³/mol. The number of amides is 3. The second kappa shape index (κ2) is 7.48. The number of halogens is 1. The standard InChI is InChI=1S/C14H11FN4O3/c15-10-1-6-13(16-7-10)22-12-4-2-11(3-5-12)17-8-18-14(21)19-9-20/h1-9H,(H2,17,18,19,20,21). The SMILES string of the molecule is O=CNC(=O)NC=Nc1ccc(Oc2ccc(F)cn2)cc1. The lowest BCUT2D eigenvalue weighted by Gasteiger charge is -2.04. The summed E-state index contributed by atoms with van der Waals surface area (Å²) in [6.45, 7) is 0. The van der Waals surface area contributed by atoms with Gasteiger partial charge < -0.3 is 4.74 Å². The summed E-state index contributed by atoms with van der Waals surface area (Å²) < 4.78 is 18.1. The number of rotatable bonds is 5. The van der Waals surface area contributed by atoms with Crippen molar-refractivity contribution in [1.29, 1.82) is 0 Å². The van der Waals surface area contributed by atoms with Crippen LogP contribution in [0.15, 0.2) is 47.6 Å². The number of nitrogens with one attached hydrogen (secondary N) is 2. The number of nitrogens with zero attached hydrogens (tertiary/aromatic N) is 2. The molecule has 0 bridgehead atoms. The highest BCUT2D eigenvalue weighted by molar-refractivity contribution is 5.92. The van der Waals surface area contributed by atoms with Crippen LogP contribution in [-0.2, 0) is 4.79 Å². The summed E-state index contributed by atoms with van der Waals surface area (Å²) in [6.07, 6.45) is 2.47. The fourth-order valence-electron chi connectivity index (χ4n) is 1.40. The third kappa shape index (κ3) is 4.67. The highest BCUT2D eigenvalue weighted by Gasteiger charge is 1.99. The largest absolute Gasteiger partial charge is 0.439 e. The number of carbonyl (C=O) groups is 2. The molecule has 2 aromatic rings. The van der Waals surface area contributed by atoms with E-state index in [2.05, 4.69) is 15.3 Å². The van der Waals surface area contributed by atoms with Crippen LogP contribution in [0.3, 0.4) is 0 Å². The average Bonchev–Trinajstić information content (AvgIpc) is 2.52. The molecule has 0 radical (unpaired) electrons. The summed E-state index contributed by atoms with van der Waals surface area (Å²) in [5.74, 6) is 0.331. The van der Waals surface area contributed by atoms with Gasteiger partial charge in [-0.1, -0.05) is 0 Å². The molecule has 0 spiro atoms. The van der Waals surface area contributed by atoms with Crippen molar-refractivity contribution in [3.8, 4) is 11.6 Å². The monoisotopic (exact) mass is 302 g/mol. The number of ether oxygens (including phenoxy) is 1. The van der Waals surface area contributed by atoms with Gasteiger partial charge in [-0.15, -0.1) is 0 Å². The van der Waals surface area contributed by atoms with Gasteiger partial charge in [0, 0.05) is 6.07 Å². The van der Waals surface area contributed by atoms with Crippen LogP contribution in [0.25, 0.3) is 0 Å². The van der Waals surface area contributed by atoms with Crippen LogP contribution in [0.2, 0.25) is 0 Å². The maximum absolute atomic E-state index is 12.7. The van der Waals surface area contributed by atoms with Crippen molar-refractivity contribution in [2.75, 3.05) is 0 Å². The van der Waals surface area contributed by atoms with Crippen LogP contribution in [0.4, 0.5) is 14.9 Å². The number of hydrogen-bond donors (Lipinski definition) is 2. The Labute approximate surface area is 124 Å². The number of benzene rings is 1. The third-order valence-corrected chi connectivity index (χ3v) is 2.36. The summed E-state index contributed by atoms with van der Waals surface area (Å²) >= 11 is 0. The van der Waals surface area contributed by atoms with Crippen LogP contribution >= 0.6 is 0 Å². The van der Waals surface area contributed by atoms with Crippen molar-refractivity contribution in [3.05, 3.63) is 48.4 Å². The highest BCUT2D eigenvalue weighted by Crippen LogP contribution is 2.22. The first-order chi connectivity index (χ1) is 10.7. The topological polar surface area (TPSA) is 92.7 Å². The van der Waals surface area contributed by atoms with Gasteiger partial charge >= 0.3 is 6.03 Å². The molecule has 0 saturated heterocycles. The molecule has 2 N–H and O–H groups in total. The Hall–Kier alpha value is -3.29. The van der Waals surface area contributed by atoms with Crippen LogP contribution in [0, 0.1) is 5.82 Å². The van der Waals surface area contributed by atoms with Crippen LogP contribution < -0.4 is 15.4 Å². The van der Waals surface area contributed by atoms with Gasteiger partial charge in [-0.3, -0.25) is 15.4 Å². The van der Waals surface area contributed by atoms with Gasteiger partial charge in [0.15, 0.2) is 0 Å². The van der Waals surface area contributed by atoms with E-state index in [-0.39, 0.29) is 12.3 Å². The van der Waals surface area contributed by atoms with Crippen molar-refractivity contribution in [2.45, 2.75) is 0 Å². The van der Waals surface area contributed by atoms with Gasteiger partial charge in [-0.25, -0.2) is 19.2 Å². The van der Waals surface area contributed by atoms with E-state index in [1.165, 1.54) is 12.1 Å². The minimum atomic E-state index is -0.680. The van der Waals surface area contributed by atoms with Crippen molar-refractivity contribution in [1.82, 2.24) is 15.6 Å². The van der Waals surface area contributed by atoms with Gasteiger partial charge in [-0.2, -0.15) is 0 Å². The van der Waals surface area contributed by atoms with E-state index < -0.39 is 11.8 Å². The lowest BCUT2D eigenvalue weighted by atomic mass is 10.3. The predicted octanol–water partition coefficient (Wildman–Crippen LogP) is 2.13. The van der Waals surface area contributed by atoms with Crippen LogP contribution in [0.5, 0.6) is 11.6 Å². The maximum Gasteiger partial charge on any atom is 0.326 e. The molecule has 112 valence electrons. The van der Waals surface area contributed by atoms with Gasteiger partial charge in [0.2, 0.25) is 12.3 Å². The first-order valence-corrected chi connectivity index (χ1v) is 6.10. The third-order valence-electron chi connectivity index (χ3n) is 2.36. The fourth-order valence-corrected chi connectivity index (χ4v) is 1.40. The van der Waals surface area contributed by atoms with E-state index >= 15 is 0 Å². The Morgan fingerprint density at radius 1 is 1.18 bits per heavy atom. The van der Waals surface area contributed by atoms with E-state index in [9.17, 15) is 14.0 Å². The zero-order valence-corrected chi connectivity index (χ0v) is 11.2. The van der Waals surface area contributed by atoms with Crippen molar-refractivity contribution >= 4 is 24.5 Å². The molecular formula is C14H11FN4O3. The molecule has 1 heterocycles. The molecule has 0 atom stereocenters. The summed E-state index contributed by atoms with van der Waals surface area (Å²) in [7, 11) is 0. The molecule has 3 amide bonds. The molecule has 0 unspecified atom stereocenters. The van der Waals surface area contributed by atoms with E-state index in [1.807, 2.05) is 5.32 Å². The summed E-state index contributed by atoms with van der Waals surface area (Å²) in [4.78, 5) is 28.6. The summed E-state index contributed by atoms with van der Waals surface area (Å²) in [5, 5.41) is 4.14. The molecule has 0 aliphatic heterocycles. The van der Waals surface area contributed by atoms with E-state index in [1.54, 1.807) is 24.3 Å². The smallest absolute Gasteiger partial charge is 0.326 e. The normalized spacial score (nSPS) is 10.2. The second-order valence-electron chi connectivity index (χ2n) is 3.90. The Kier molecular flexibility index (Phi) is 5.14. The van der Waals surface area contributed by atoms with Crippen LogP contribution in [-0.4, -0.2) is 23.8 Å². The van der Waals surface area contributed by atoms with E-state index in [4.69, 9.17) is 4.74 Å². The van der Waals surface area contributed by atoms with Crippen LogP contribution in [0.1, 0.15) is 0 Å². The molecule has 0 aliphatic carbocycles. The Balaban J connectivity index is 1.92. The lowest BCUT2D eigenvalue weighted by Crippen LogP contribution is -2.33. The number of aliphatic imine (C=N–C) groups is 1. The van der Waals surface area contributed by atoms with E-state index in [0.29, 0.717) is 11.4 Å². The minimum absolute atomic E-state index is 0.263. The first kappa shape index (κ1) is 15.1. The van der Waals surface area contributed by atoms with Gasteiger partial charge in [0.05, 0.1) is 18.2 Å². The Morgan fingerprint density at radius 3 is 2.59 bits per heavy atom. The maximum atomic E-state index is 12.7. The molecule has 2 rings (SSSR count). The molecular weight excluding hydrogens is 291 g/mol. The minimum Gasteiger partial charge on any atom is -0.439 e. The van der Waals surface area contributed by atoms with E-state index in [0.717, 1.165) is 12.5 Å². The molecule has 0 fully saturated rings. The molecule has 1 aromatic carbocycles. The molecule has 0 aliphatic rings. The number of pyridine rings is 1. The summed E-state index contributed by atoms with van der Waals surface area (Å²) in [6, 6.07) is 8.56. The lowest BCUT2D eigenvalue weighted by molar-refractivity contribution is -0.108. The average molecular weight is 302 g/mol. The number of carbonyl (C=O) groups excluding carboxylic acids is 2. The molecule has 7 nitrogen and oxygen atoms in total. The molecule has 0 saturated carbocycles. The number of urea groups is 1. The second-order valence-corrected chi connectivity index (χ2v) is 3.90. The van der Waals surface area contributed by atoms with Gasteiger partial charge in [0.25, 0.3) is 0 Å². The number of aromatic nitrogens is 1. The van der Waals surface area contributed by atoms with Gasteiger partial charge in [0.1, 0.15) is 11.6 Å². The molecule has 22 heavy (non-hydrogen) atoms. The molecule has 1 aromatic heterocycles.